The summed E-state index contributed by atoms with van der Waals surface area (Å²) in [7, 11) is 0. The van der Waals surface area contributed by atoms with Gasteiger partial charge in [-0.2, -0.15) is 13.2 Å². The van der Waals surface area contributed by atoms with Crippen LogP contribution in [-0.4, -0.2) is 42.7 Å². The maximum atomic E-state index is 13.2. The van der Waals surface area contributed by atoms with E-state index in [0.717, 1.165) is 18.5 Å². The van der Waals surface area contributed by atoms with E-state index >= 15 is 0 Å². The van der Waals surface area contributed by atoms with Gasteiger partial charge < -0.3 is 16.0 Å². The summed E-state index contributed by atoms with van der Waals surface area (Å²) in [5.41, 5.74) is 6.42. The van der Waals surface area contributed by atoms with Gasteiger partial charge in [0.15, 0.2) is 0 Å². The van der Waals surface area contributed by atoms with Gasteiger partial charge in [-0.3, -0.25) is 4.79 Å². The Balaban J connectivity index is 1.81. The summed E-state index contributed by atoms with van der Waals surface area (Å²) in [5.74, 6) is 0.212. The van der Waals surface area contributed by atoms with Crippen molar-refractivity contribution in [3.8, 4) is 0 Å². The van der Waals surface area contributed by atoms with Gasteiger partial charge in [0, 0.05) is 37.8 Å². The minimum absolute atomic E-state index is 0.0268. The molecule has 140 valence electrons. The summed E-state index contributed by atoms with van der Waals surface area (Å²) in [6.07, 6.45) is -0.306. The molecule has 2 heterocycles. The topological polar surface area (TPSA) is 58.4 Å². The van der Waals surface area contributed by atoms with Gasteiger partial charge in [-0.1, -0.05) is 13.8 Å². The van der Waals surface area contributed by atoms with Crippen LogP contribution < -0.4 is 11.1 Å². The highest BCUT2D eigenvalue weighted by atomic mass is 19.4. The second-order valence-corrected chi connectivity index (χ2v) is 7.82. The number of alkyl halides is 3. The Morgan fingerprint density at radius 2 is 2.16 bits per heavy atom. The fraction of sp³-hybridized carbons (Fsp3) is 0.722. The number of nitrogens with zero attached hydrogens (tertiary/aromatic N) is 1. The van der Waals surface area contributed by atoms with Crippen LogP contribution >= 0.6 is 0 Å². The fourth-order valence-corrected chi connectivity index (χ4v) is 4.34. The number of nitrogens with one attached hydrogen (secondary N) is 1. The minimum Gasteiger partial charge on any atom is -0.384 e. The van der Waals surface area contributed by atoms with E-state index in [1.807, 2.05) is 13.8 Å². The minimum atomic E-state index is -4.34. The Kier molecular flexibility index (Phi) is 4.64. The van der Waals surface area contributed by atoms with Crippen molar-refractivity contribution in [3.63, 3.8) is 0 Å². The molecule has 1 saturated carbocycles. The zero-order chi connectivity index (χ0) is 18.4. The maximum Gasteiger partial charge on any atom is 0.414 e. The molecule has 0 radical (unpaired) electrons. The number of carbonyl (C=O) groups is 1. The number of hydrogen-bond acceptors (Lipinski definition) is 3. The second kappa shape index (κ2) is 6.34. The molecule has 0 saturated heterocycles. The first-order valence-corrected chi connectivity index (χ1v) is 8.92. The third-order valence-electron chi connectivity index (χ3n) is 5.99. The Morgan fingerprint density at radius 1 is 1.44 bits per heavy atom. The molecule has 0 bridgehead atoms. The largest absolute Gasteiger partial charge is 0.414 e. The van der Waals surface area contributed by atoms with Gasteiger partial charge in [0.1, 0.15) is 0 Å². The average molecular weight is 357 g/mol. The summed E-state index contributed by atoms with van der Waals surface area (Å²) in [5, 5.41) is 2.88. The molecule has 0 unspecified atom stereocenters. The van der Waals surface area contributed by atoms with E-state index in [-0.39, 0.29) is 31.0 Å². The Hall–Kier alpha value is -1.50. The Labute approximate surface area is 146 Å². The molecule has 0 spiro atoms. The summed E-state index contributed by atoms with van der Waals surface area (Å²) < 4.78 is 39.0. The molecular weight excluding hydrogens is 331 g/mol. The molecule has 2 aliphatic heterocycles. The van der Waals surface area contributed by atoms with Gasteiger partial charge in [0.2, 0.25) is 5.91 Å². The highest BCUT2D eigenvalue weighted by Crippen LogP contribution is 2.46. The maximum absolute atomic E-state index is 13.2. The molecule has 0 aromatic heterocycles. The van der Waals surface area contributed by atoms with Crippen molar-refractivity contribution in [1.29, 1.82) is 0 Å². The van der Waals surface area contributed by atoms with Crippen LogP contribution in [0.4, 0.5) is 13.2 Å². The number of halogens is 3. The second-order valence-electron chi connectivity index (χ2n) is 7.82. The lowest BCUT2D eigenvalue weighted by Gasteiger charge is -2.40. The third kappa shape index (κ3) is 3.30. The summed E-state index contributed by atoms with van der Waals surface area (Å²) >= 11 is 0. The molecule has 0 aromatic carbocycles. The highest BCUT2D eigenvalue weighted by Gasteiger charge is 2.49. The average Bonchev–Trinajstić information content (AvgIpc) is 2.95. The molecule has 0 aromatic rings. The molecule has 1 fully saturated rings. The molecule has 3 N–H and O–H groups in total. The van der Waals surface area contributed by atoms with Crippen molar-refractivity contribution in [1.82, 2.24) is 10.2 Å². The van der Waals surface area contributed by atoms with Gasteiger partial charge in [-0.05, 0) is 36.8 Å². The molecular formula is C18H26F3N3O. The first-order valence-electron chi connectivity index (χ1n) is 8.92. The van der Waals surface area contributed by atoms with Gasteiger partial charge in [-0.15, -0.1) is 0 Å². The lowest BCUT2D eigenvalue weighted by atomic mass is 9.74. The quantitative estimate of drug-likeness (QED) is 0.799. The van der Waals surface area contributed by atoms with Crippen molar-refractivity contribution in [2.75, 3.05) is 19.6 Å². The number of carbonyl (C=O) groups excluding carboxylic acids is 1. The number of hydrogen-bond donors (Lipinski definition) is 2. The van der Waals surface area contributed by atoms with E-state index in [1.165, 1.54) is 6.08 Å². The fourth-order valence-electron chi connectivity index (χ4n) is 4.34. The molecule has 3 aliphatic rings. The van der Waals surface area contributed by atoms with E-state index in [0.29, 0.717) is 25.0 Å². The van der Waals surface area contributed by atoms with Crippen LogP contribution in [0.15, 0.2) is 22.9 Å². The first kappa shape index (κ1) is 18.3. The molecule has 3 rings (SSSR count). The van der Waals surface area contributed by atoms with E-state index in [4.69, 9.17) is 5.73 Å². The van der Waals surface area contributed by atoms with Crippen molar-refractivity contribution in [2.45, 2.75) is 51.7 Å². The van der Waals surface area contributed by atoms with Crippen LogP contribution in [0.3, 0.4) is 0 Å². The standard InChI is InChI=1S/C18H26F3N3O/c1-11(2)17(5-3-14(22)8-17)16(25)24-6-4-15-12(10-24)7-13(9-23-15)18(19,20)21/h7,11,14,23H,3-6,8-10,22H2,1-2H3/t14-,17+/m1/s1. The predicted octanol–water partition coefficient (Wildman–Crippen LogP) is 2.72. The Bertz CT molecular complexity index is 624. The van der Waals surface area contributed by atoms with Gasteiger partial charge in [-0.25, -0.2) is 0 Å². The van der Waals surface area contributed by atoms with E-state index in [2.05, 4.69) is 5.32 Å². The van der Waals surface area contributed by atoms with Crippen molar-refractivity contribution < 1.29 is 18.0 Å². The van der Waals surface area contributed by atoms with E-state index < -0.39 is 17.2 Å². The normalized spacial score (nSPS) is 30.3. The number of rotatable bonds is 2. The van der Waals surface area contributed by atoms with Crippen LogP contribution in [-0.2, 0) is 4.79 Å². The first-order chi connectivity index (χ1) is 11.6. The molecule has 1 amide bonds. The molecule has 7 heteroatoms. The highest BCUT2D eigenvalue weighted by molar-refractivity contribution is 5.84. The van der Waals surface area contributed by atoms with Gasteiger partial charge >= 0.3 is 6.18 Å². The number of nitrogens with two attached hydrogens (primary N) is 1. The van der Waals surface area contributed by atoms with Crippen LogP contribution in [0, 0.1) is 11.3 Å². The van der Waals surface area contributed by atoms with Crippen molar-refractivity contribution >= 4 is 5.91 Å². The summed E-state index contributed by atoms with van der Waals surface area (Å²) in [6, 6.07) is 0.0268. The van der Waals surface area contributed by atoms with Crippen LogP contribution in [0.25, 0.3) is 0 Å². The molecule has 4 nitrogen and oxygen atoms in total. The summed E-state index contributed by atoms with van der Waals surface area (Å²) in [4.78, 5) is 15.0. The monoisotopic (exact) mass is 357 g/mol. The van der Waals surface area contributed by atoms with Crippen molar-refractivity contribution in [3.05, 3.63) is 22.9 Å². The van der Waals surface area contributed by atoms with Crippen LogP contribution in [0.2, 0.25) is 0 Å². The lowest BCUT2D eigenvalue weighted by molar-refractivity contribution is -0.144. The smallest absolute Gasteiger partial charge is 0.384 e. The predicted molar refractivity (Wildman–Crippen MR) is 89.5 cm³/mol. The summed E-state index contributed by atoms with van der Waals surface area (Å²) in [6.45, 7) is 4.66. The number of dihydropyridines is 1. The van der Waals surface area contributed by atoms with E-state index in [1.54, 1.807) is 4.90 Å². The number of amides is 1. The zero-order valence-corrected chi connectivity index (χ0v) is 14.7. The van der Waals surface area contributed by atoms with Crippen LogP contribution in [0.1, 0.15) is 39.5 Å². The van der Waals surface area contributed by atoms with Crippen LogP contribution in [0.5, 0.6) is 0 Å². The molecule has 1 aliphatic carbocycles. The Morgan fingerprint density at radius 3 is 2.72 bits per heavy atom. The molecule has 25 heavy (non-hydrogen) atoms. The van der Waals surface area contributed by atoms with Crippen molar-refractivity contribution in [2.24, 2.45) is 17.1 Å². The van der Waals surface area contributed by atoms with Gasteiger partial charge in [0.05, 0.1) is 11.0 Å². The van der Waals surface area contributed by atoms with Gasteiger partial charge in [0.25, 0.3) is 0 Å². The van der Waals surface area contributed by atoms with E-state index in [9.17, 15) is 18.0 Å². The SMILES string of the molecule is CC(C)[C@]1(C(=O)N2CCC3=C(C=C(C(F)(F)F)CN3)C2)CC[C@@H](N)C1. The zero-order valence-electron chi connectivity index (χ0n) is 14.7. The third-order valence-corrected chi connectivity index (χ3v) is 5.99. The lowest BCUT2D eigenvalue weighted by Crippen LogP contribution is -2.49. The molecule has 2 atom stereocenters.